The fourth-order valence-electron chi connectivity index (χ4n) is 1.43. The Morgan fingerprint density at radius 2 is 2.00 bits per heavy atom. The maximum atomic E-state index is 10.9. The molecule has 0 N–H and O–H groups in total. The number of benzene rings is 1. The molecule has 1 fully saturated rings. The number of para-hydroxylation sites is 1. The quantitative estimate of drug-likeness (QED) is 0.741. The third-order valence-corrected chi connectivity index (χ3v) is 3.94. The van der Waals surface area contributed by atoms with Crippen LogP contribution in [0.1, 0.15) is 5.56 Å². The Morgan fingerprint density at radius 1 is 1.33 bits per heavy atom. The molecule has 1 aromatic rings. The minimum atomic E-state index is -2.88. The zero-order valence-corrected chi connectivity index (χ0v) is 8.70. The fraction of sp³-hybridized carbons (Fsp3) is 0.300. The second-order valence-electron chi connectivity index (χ2n) is 3.42. The molecule has 0 radical (unpaired) electrons. The summed E-state index contributed by atoms with van der Waals surface area (Å²) >= 11 is 0. The van der Waals surface area contributed by atoms with Gasteiger partial charge in [-0.15, -0.1) is 0 Å². The fourth-order valence-corrected chi connectivity index (χ4v) is 2.60. The summed E-state index contributed by atoms with van der Waals surface area (Å²) in [6, 6.07) is 8.80. The molecule has 0 aliphatic carbocycles. The van der Waals surface area contributed by atoms with Crippen molar-refractivity contribution in [2.75, 3.05) is 11.5 Å². The summed E-state index contributed by atoms with van der Waals surface area (Å²) in [5, 5.41) is 8.78. The highest BCUT2D eigenvalue weighted by molar-refractivity contribution is 7.92. The normalized spacial score (nSPS) is 18.9. The van der Waals surface area contributed by atoms with Gasteiger partial charge in [-0.25, -0.2) is 8.42 Å². The van der Waals surface area contributed by atoms with Gasteiger partial charge in [0, 0.05) is 0 Å². The van der Waals surface area contributed by atoms with Crippen LogP contribution in [-0.4, -0.2) is 26.0 Å². The summed E-state index contributed by atoms with van der Waals surface area (Å²) in [6.07, 6.45) is -0.301. The van der Waals surface area contributed by atoms with Crippen molar-refractivity contribution in [3.05, 3.63) is 29.8 Å². The molecule has 0 spiro atoms. The number of nitrogens with zero attached hydrogens (tertiary/aromatic N) is 1. The highest BCUT2D eigenvalue weighted by atomic mass is 32.2. The lowest BCUT2D eigenvalue weighted by atomic mass is 10.2. The average molecular weight is 223 g/mol. The van der Waals surface area contributed by atoms with Gasteiger partial charge in [-0.2, -0.15) is 5.26 Å². The van der Waals surface area contributed by atoms with Crippen molar-refractivity contribution in [2.45, 2.75) is 6.10 Å². The molecule has 0 amide bonds. The third kappa shape index (κ3) is 2.10. The van der Waals surface area contributed by atoms with E-state index in [9.17, 15) is 8.42 Å². The number of ether oxygens (including phenoxy) is 1. The van der Waals surface area contributed by atoms with Crippen molar-refractivity contribution in [1.29, 1.82) is 5.26 Å². The molecule has 1 aromatic carbocycles. The summed E-state index contributed by atoms with van der Waals surface area (Å²) in [5.41, 5.74) is 0.432. The first-order valence-corrected chi connectivity index (χ1v) is 6.29. The Bertz CT molecular complexity index is 504. The monoisotopic (exact) mass is 223 g/mol. The Kier molecular flexibility index (Phi) is 2.37. The summed E-state index contributed by atoms with van der Waals surface area (Å²) in [4.78, 5) is 0. The van der Waals surface area contributed by atoms with Crippen LogP contribution < -0.4 is 4.74 Å². The van der Waals surface area contributed by atoms with Gasteiger partial charge < -0.3 is 4.74 Å². The van der Waals surface area contributed by atoms with E-state index in [1.165, 1.54) is 0 Å². The molecular formula is C10H9NO3S. The molecule has 78 valence electrons. The predicted molar refractivity (Wildman–Crippen MR) is 54.2 cm³/mol. The van der Waals surface area contributed by atoms with Crippen LogP contribution in [0.4, 0.5) is 0 Å². The van der Waals surface area contributed by atoms with Crippen molar-refractivity contribution in [2.24, 2.45) is 0 Å². The van der Waals surface area contributed by atoms with Crippen LogP contribution in [0.15, 0.2) is 24.3 Å². The molecule has 15 heavy (non-hydrogen) atoms. The van der Waals surface area contributed by atoms with E-state index in [2.05, 4.69) is 0 Å². The Hall–Kier alpha value is -1.54. The van der Waals surface area contributed by atoms with Gasteiger partial charge >= 0.3 is 0 Å². The molecule has 1 heterocycles. The van der Waals surface area contributed by atoms with E-state index in [0.29, 0.717) is 11.3 Å². The molecule has 4 nitrogen and oxygen atoms in total. The van der Waals surface area contributed by atoms with Crippen LogP contribution in [0.2, 0.25) is 0 Å². The van der Waals surface area contributed by atoms with Crippen LogP contribution in [0.3, 0.4) is 0 Å². The smallest absolute Gasteiger partial charge is 0.157 e. The summed E-state index contributed by atoms with van der Waals surface area (Å²) in [6.45, 7) is 0. The van der Waals surface area contributed by atoms with Crippen LogP contribution in [-0.2, 0) is 9.84 Å². The van der Waals surface area contributed by atoms with Gasteiger partial charge in [0.25, 0.3) is 0 Å². The van der Waals surface area contributed by atoms with Crippen LogP contribution >= 0.6 is 0 Å². The molecular weight excluding hydrogens is 214 g/mol. The first-order valence-electron chi connectivity index (χ1n) is 4.47. The van der Waals surface area contributed by atoms with E-state index < -0.39 is 9.84 Å². The number of rotatable bonds is 2. The van der Waals surface area contributed by atoms with E-state index in [1.54, 1.807) is 24.3 Å². The maximum absolute atomic E-state index is 10.9. The van der Waals surface area contributed by atoms with E-state index in [1.807, 2.05) is 6.07 Å². The zero-order chi connectivity index (χ0) is 10.9. The van der Waals surface area contributed by atoms with Crippen LogP contribution in [0.25, 0.3) is 0 Å². The molecule has 0 aromatic heterocycles. The average Bonchev–Trinajstić information content (AvgIpc) is 2.16. The minimum Gasteiger partial charge on any atom is -0.487 e. The van der Waals surface area contributed by atoms with Crippen molar-refractivity contribution < 1.29 is 13.2 Å². The first kappa shape index (κ1) is 9.99. The van der Waals surface area contributed by atoms with E-state index >= 15 is 0 Å². The SMILES string of the molecule is N#Cc1ccccc1OC1CS(=O)(=O)C1. The summed E-state index contributed by atoms with van der Waals surface area (Å²) in [7, 11) is -2.88. The topological polar surface area (TPSA) is 67.2 Å². The van der Waals surface area contributed by atoms with Crippen molar-refractivity contribution in [1.82, 2.24) is 0 Å². The van der Waals surface area contributed by atoms with Crippen LogP contribution in [0, 0.1) is 11.3 Å². The Labute approximate surface area is 88.0 Å². The second-order valence-corrected chi connectivity index (χ2v) is 5.58. The third-order valence-electron chi connectivity index (χ3n) is 2.18. The van der Waals surface area contributed by atoms with E-state index in [-0.39, 0.29) is 17.6 Å². The van der Waals surface area contributed by atoms with Gasteiger partial charge in [-0.05, 0) is 12.1 Å². The summed E-state index contributed by atoms with van der Waals surface area (Å²) < 4.78 is 27.2. The van der Waals surface area contributed by atoms with Gasteiger partial charge in [-0.3, -0.25) is 0 Å². The first-order chi connectivity index (χ1) is 7.11. The molecule has 1 aliphatic heterocycles. The lowest BCUT2D eigenvalue weighted by molar-refractivity contribution is 0.230. The lowest BCUT2D eigenvalue weighted by Gasteiger charge is -2.26. The molecule has 1 aliphatic rings. The van der Waals surface area contributed by atoms with Crippen molar-refractivity contribution in [3.8, 4) is 11.8 Å². The molecule has 0 atom stereocenters. The number of nitriles is 1. The number of hydrogen-bond acceptors (Lipinski definition) is 4. The van der Waals surface area contributed by atoms with Gasteiger partial charge in [0.1, 0.15) is 17.9 Å². The summed E-state index contributed by atoms with van der Waals surface area (Å²) in [5.74, 6) is 0.555. The van der Waals surface area contributed by atoms with E-state index in [0.717, 1.165) is 0 Å². The Morgan fingerprint density at radius 3 is 2.60 bits per heavy atom. The number of hydrogen-bond donors (Lipinski definition) is 0. The van der Waals surface area contributed by atoms with Gasteiger partial charge in [0.05, 0.1) is 17.1 Å². The lowest BCUT2D eigenvalue weighted by Crippen LogP contribution is -2.45. The number of sulfone groups is 1. The molecule has 0 unspecified atom stereocenters. The molecule has 1 saturated heterocycles. The van der Waals surface area contributed by atoms with Crippen molar-refractivity contribution >= 4 is 9.84 Å². The van der Waals surface area contributed by atoms with Crippen molar-refractivity contribution in [3.63, 3.8) is 0 Å². The molecule has 2 rings (SSSR count). The van der Waals surface area contributed by atoms with Gasteiger partial charge in [0.15, 0.2) is 9.84 Å². The standard InChI is InChI=1S/C10H9NO3S/c11-5-8-3-1-2-4-10(8)14-9-6-15(12,13)7-9/h1-4,9H,6-7H2. The molecule has 0 bridgehead atoms. The maximum Gasteiger partial charge on any atom is 0.157 e. The predicted octanol–water partition coefficient (Wildman–Crippen LogP) is 0.734. The highest BCUT2D eigenvalue weighted by Crippen LogP contribution is 2.22. The van der Waals surface area contributed by atoms with E-state index in [4.69, 9.17) is 10.00 Å². The Balaban J connectivity index is 2.10. The zero-order valence-electron chi connectivity index (χ0n) is 7.88. The molecule has 5 heteroatoms. The minimum absolute atomic E-state index is 0.0484. The highest BCUT2D eigenvalue weighted by Gasteiger charge is 2.35. The molecule has 0 saturated carbocycles. The largest absolute Gasteiger partial charge is 0.487 e. The van der Waals surface area contributed by atoms with Crippen LogP contribution in [0.5, 0.6) is 5.75 Å². The van der Waals surface area contributed by atoms with Gasteiger partial charge in [0.2, 0.25) is 0 Å². The van der Waals surface area contributed by atoms with Gasteiger partial charge in [-0.1, -0.05) is 12.1 Å². The second kappa shape index (κ2) is 3.55.